The molecule has 28 heavy (non-hydrogen) atoms. The molecule has 6 nitrogen and oxygen atoms in total. The summed E-state index contributed by atoms with van der Waals surface area (Å²) in [7, 11) is 1.67. The molecule has 3 aromatic rings. The van der Waals surface area contributed by atoms with Gasteiger partial charge in [-0.05, 0) is 36.1 Å². The van der Waals surface area contributed by atoms with E-state index in [4.69, 9.17) is 4.74 Å². The van der Waals surface area contributed by atoms with Crippen LogP contribution < -0.4 is 15.0 Å². The van der Waals surface area contributed by atoms with E-state index in [2.05, 4.69) is 21.4 Å². The lowest BCUT2D eigenvalue weighted by Gasteiger charge is -2.16. The third-order valence-corrected chi connectivity index (χ3v) is 4.90. The van der Waals surface area contributed by atoms with Gasteiger partial charge in [0.05, 0.1) is 19.5 Å². The number of aromatic nitrogens is 2. The quantitative estimate of drug-likeness (QED) is 0.717. The van der Waals surface area contributed by atoms with Crippen molar-refractivity contribution < 1.29 is 9.53 Å². The first-order valence-corrected chi connectivity index (χ1v) is 9.34. The third-order valence-electron chi connectivity index (χ3n) is 4.90. The molecule has 1 N–H and O–H groups in total. The molecule has 0 aliphatic carbocycles. The number of nitrogens with one attached hydrogen (secondary N) is 1. The van der Waals surface area contributed by atoms with Gasteiger partial charge < -0.3 is 15.0 Å². The molecule has 0 fully saturated rings. The van der Waals surface area contributed by atoms with Gasteiger partial charge in [-0.1, -0.05) is 36.4 Å². The summed E-state index contributed by atoms with van der Waals surface area (Å²) < 4.78 is 5.37. The summed E-state index contributed by atoms with van der Waals surface area (Å²) in [5.74, 6) is 1.41. The predicted octanol–water partition coefficient (Wildman–Crippen LogP) is 3.34. The number of ether oxygens (including phenoxy) is 1. The van der Waals surface area contributed by atoms with E-state index in [1.165, 1.54) is 11.8 Å². The summed E-state index contributed by atoms with van der Waals surface area (Å²) in [6.07, 6.45) is 4.82. The van der Waals surface area contributed by atoms with Gasteiger partial charge in [-0.3, -0.25) is 4.79 Å². The molecule has 1 aliphatic rings. The van der Waals surface area contributed by atoms with Crippen LogP contribution in [0.5, 0.6) is 5.75 Å². The van der Waals surface area contributed by atoms with Crippen molar-refractivity contribution in [2.75, 3.05) is 30.4 Å². The molecular weight excluding hydrogens is 352 g/mol. The first kappa shape index (κ1) is 18.0. The van der Waals surface area contributed by atoms with Gasteiger partial charge in [0.2, 0.25) is 0 Å². The van der Waals surface area contributed by atoms with Crippen molar-refractivity contribution in [2.45, 2.75) is 12.8 Å². The summed E-state index contributed by atoms with van der Waals surface area (Å²) in [5.41, 5.74) is 3.64. The Hall–Kier alpha value is -3.41. The Morgan fingerprint density at radius 1 is 1.11 bits per heavy atom. The summed E-state index contributed by atoms with van der Waals surface area (Å²) in [6, 6.07) is 15.9. The summed E-state index contributed by atoms with van der Waals surface area (Å²) >= 11 is 0. The second kappa shape index (κ2) is 8.08. The first-order valence-electron chi connectivity index (χ1n) is 9.34. The van der Waals surface area contributed by atoms with Crippen LogP contribution in [0.25, 0.3) is 0 Å². The average molecular weight is 374 g/mol. The molecule has 0 saturated heterocycles. The van der Waals surface area contributed by atoms with E-state index in [0.29, 0.717) is 24.6 Å². The van der Waals surface area contributed by atoms with Crippen LogP contribution in [-0.2, 0) is 12.8 Å². The van der Waals surface area contributed by atoms with Crippen LogP contribution in [0.3, 0.4) is 0 Å². The van der Waals surface area contributed by atoms with E-state index in [0.717, 1.165) is 29.8 Å². The second-order valence-corrected chi connectivity index (χ2v) is 6.61. The standard InChI is InChI=1S/C22H22N4O2/c1-28-20-9-5-3-7-17(20)10-12-23-21-15-24-18(14-25-21)22(27)26-13-11-16-6-2-4-8-19(16)26/h2-9,14-15H,10-13H2,1H3,(H,23,25). The number of nitrogens with zero attached hydrogens (tertiary/aromatic N) is 3. The molecule has 0 atom stereocenters. The van der Waals surface area contributed by atoms with E-state index in [1.807, 2.05) is 42.5 Å². The van der Waals surface area contributed by atoms with Gasteiger partial charge in [-0.2, -0.15) is 0 Å². The molecule has 1 aromatic heterocycles. The minimum absolute atomic E-state index is 0.113. The lowest BCUT2D eigenvalue weighted by Crippen LogP contribution is -2.29. The number of hydrogen-bond donors (Lipinski definition) is 1. The Morgan fingerprint density at radius 3 is 2.75 bits per heavy atom. The van der Waals surface area contributed by atoms with Crippen molar-refractivity contribution in [1.82, 2.24) is 9.97 Å². The topological polar surface area (TPSA) is 67.3 Å². The monoisotopic (exact) mass is 374 g/mol. The highest BCUT2D eigenvalue weighted by Gasteiger charge is 2.26. The van der Waals surface area contributed by atoms with Gasteiger partial charge in [-0.25, -0.2) is 9.97 Å². The van der Waals surface area contributed by atoms with Gasteiger partial charge in [-0.15, -0.1) is 0 Å². The molecule has 4 rings (SSSR count). The Kier molecular flexibility index (Phi) is 5.19. The fourth-order valence-corrected chi connectivity index (χ4v) is 3.45. The van der Waals surface area contributed by atoms with Crippen LogP contribution in [0.2, 0.25) is 0 Å². The van der Waals surface area contributed by atoms with Crippen molar-refractivity contribution in [3.63, 3.8) is 0 Å². The Labute approximate surface area is 164 Å². The zero-order valence-electron chi connectivity index (χ0n) is 15.8. The van der Waals surface area contributed by atoms with Crippen LogP contribution in [-0.4, -0.2) is 36.1 Å². The van der Waals surface area contributed by atoms with Gasteiger partial charge in [0, 0.05) is 18.8 Å². The number of carbonyl (C=O) groups excluding carboxylic acids is 1. The zero-order valence-corrected chi connectivity index (χ0v) is 15.8. The van der Waals surface area contributed by atoms with Crippen LogP contribution in [0, 0.1) is 0 Å². The maximum absolute atomic E-state index is 12.8. The maximum Gasteiger partial charge on any atom is 0.278 e. The number of fused-ring (bicyclic) bond motifs is 1. The van der Waals surface area contributed by atoms with Crippen molar-refractivity contribution in [2.24, 2.45) is 0 Å². The van der Waals surface area contributed by atoms with E-state index in [-0.39, 0.29) is 5.91 Å². The van der Waals surface area contributed by atoms with E-state index < -0.39 is 0 Å². The number of para-hydroxylation sites is 2. The Bertz CT molecular complexity index is 972. The molecule has 0 radical (unpaired) electrons. The summed E-state index contributed by atoms with van der Waals surface area (Å²) in [6.45, 7) is 1.38. The number of carbonyl (C=O) groups is 1. The smallest absolute Gasteiger partial charge is 0.278 e. The predicted molar refractivity (Wildman–Crippen MR) is 109 cm³/mol. The van der Waals surface area contributed by atoms with E-state index >= 15 is 0 Å². The number of rotatable bonds is 6. The largest absolute Gasteiger partial charge is 0.496 e. The Balaban J connectivity index is 1.37. The molecule has 1 amide bonds. The fraction of sp³-hybridized carbons (Fsp3) is 0.227. The third kappa shape index (κ3) is 3.67. The molecule has 2 heterocycles. The van der Waals surface area contributed by atoms with Crippen LogP contribution >= 0.6 is 0 Å². The maximum atomic E-state index is 12.8. The number of amides is 1. The second-order valence-electron chi connectivity index (χ2n) is 6.61. The summed E-state index contributed by atoms with van der Waals surface area (Å²) in [4.78, 5) is 23.2. The average Bonchev–Trinajstić information content (AvgIpc) is 3.18. The summed E-state index contributed by atoms with van der Waals surface area (Å²) in [5, 5.41) is 3.24. The molecular formula is C22H22N4O2. The minimum atomic E-state index is -0.113. The molecule has 1 aliphatic heterocycles. The molecule has 0 spiro atoms. The molecule has 6 heteroatoms. The van der Waals surface area contributed by atoms with Crippen molar-refractivity contribution in [1.29, 1.82) is 0 Å². The number of benzene rings is 2. The molecule has 0 saturated carbocycles. The van der Waals surface area contributed by atoms with Gasteiger partial charge in [0.25, 0.3) is 5.91 Å². The highest BCUT2D eigenvalue weighted by molar-refractivity contribution is 6.05. The number of anilines is 2. The van der Waals surface area contributed by atoms with Gasteiger partial charge in [0.15, 0.2) is 0 Å². The lowest BCUT2D eigenvalue weighted by molar-refractivity contribution is 0.0984. The molecule has 2 aromatic carbocycles. The van der Waals surface area contributed by atoms with Crippen molar-refractivity contribution in [3.8, 4) is 5.75 Å². The number of hydrogen-bond acceptors (Lipinski definition) is 5. The van der Waals surface area contributed by atoms with Crippen molar-refractivity contribution in [3.05, 3.63) is 77.7 Å². The first-order chi connectivity index (χ1) is 13.8. The molecule has 0 bridgehead atoms. The van der Waals surface area contributed by atoms with Crippen LogP contribution in [0.15, 0.2) is 60.9 Å². The normalized spacial score (nSPS) is 12.5. The lowest BCUT2D eigenvalue weighted by atomic mass is 10.1. The van der Waals surface area contributed by atoms with Gasteiger partial charge in [0.1, 0.15) is 17.3 Å². The Morgan fingerprint density at radius 2 is 1.93 bits per heavy atom. The van der Waals surface area contributed by atoms with Crippen LogP contribution in [0.1, 0.15) is 21.6 Å². The number of methoxy groups -OCH3 is 1. The minimum Gasteiger partial charge on any atom is -0.496 e. The fourth-order valence-electron chi connectivity index (χ4n) is 3.45. The molecule has 0 unspecified atom stereocenters. The van der Waals surface area contributed by atoms with E-state index in [9.17, 15) is 4.79 Å². The zero-order chi connectivity index (χ0) is 19.3. The highest BCUT2D eigenvalue weighted by atomic mass is 16.5. The van der Waals surface area contributed by atoms with Crippen LogP contribution in [0.4, 0.5) is 11.5 Å². The highest BCUT2D eigenvalue weighted by Crippen LogP contribution is 2.28. The van der Waals surface area contributed by atoms with Gasteiger partial charge >= 0.3 is 0 Å². The molecule has 142 valence electrons. The van der Waals surface area contributed by atoms with Crippen molar-refractivity contribution >= 4 is 17.4 Å². The SMILES string of the molecule is COc1ccccc1CCNc1cnc(C(=O)N2CCc3ccccc32)cn1. The van der Waals surface area contributed by atoms with E-state index in [1.54, 1.807) is 18.2 Å².